The van der Waals surface area contributed by atoms with E-state index in [0.717, 1.165) is 25.3 Å². The lowest BCUT2D eigenvalue weighted by molar-refractivity contribution is 0.00859. The average Bonchev–Trinajstić information content (AvgIpc) is 2.75. The molecule has 1 atom stereocenters. The van der Waals surface area contributed by atoms with Gasteiger partial charge in [0, 0.05) is 19.3 Å². The second kappa shape index (κ2) is 5.19. The molecule has 1 saturated heterocycles. The fraction of sp³-hybridized carbons (Fsp3) is 0.769. The van der Waals surface area contributed by atoms with Gasteiger partial charge in [0.1, 0.15) is 0 Å². The number of hydrogen-bond acceptors (Lipinski definition) is 3. The van der Waals surface area contributed by atoms with Gasteiger partial charge in [-0.25, -0.2) is 4.98 Å². The van der Waals surface area contributed by atoms with Gasteiger partial charge in [-0.3, -0.25) is 0 Å². The van der Waals surface area contributed by atoms with Gasteiger partial charge < -0.3 is 15.0 Å². The Morgan fingerprint density at radius 3 is 3.00 bits per heavy atom. The molecule has 2 N–H and O–H groups in total. The number of hydrogen-bond donors (Lipinski definition) is 1. The molecule has 0 bridgehead atoms. The molecular weight excluding hydrogens is 214 g/mol. The summed E-state index contributed by atoms with van der Waals surface area (Å²) in [7, 11) is 0. The fourth-order valence-corrected chi connectivity index (χ4v) is 2.35. The van der Waals surface area contributed by atoms with Crippen LogP contribution in [-0.4, -0.2) is 22.3 Å². The van der Waals surface area contributed by atoms with Crippen molar-refractivity contribution in [1.29, 1.82) is 0 Å². The molecule has 1 fully saturated rings. The molecule has 1 aliphatic rings. The summed E-state index contributed by atoms with van der Waals surface area (Å²) in [5.41, 5.74) is 6.88. The predicted molar refractivity (Wildman–Crippen MR) is 67.6 cm³/mol. The van der Waals surface area contributed by atoms with Crippen LogP contribution in [0.1, 0.15) is 45.2 Å². The maximum absolute atomic E-state index is 6.12. The Labute approximate surface area is 103 Å². The van der Waals surface area contributed by atoms with Gasteiger partial charge in [0.05, 0.1) is 23.7 Å². The Hall–Kier alpha value is -0.870. The largest absolute Gasteiger partial charge is 0.378 e. The van der Waals surface area contributed by atoms with Crippen molar-refractivity contribution in [2.24, 2.45) is 5.73 Å². The highest BCUT2D eigenvalue weighted by molar-refractivity contribution is 5.09. The van der Waals surface area contributed by atoms with Crippen molar-refractivity contribution in [3.05, 3.63) is 18.2 Å². The first-order valence-corrected chi connectivity index (χ1v) is 6.48. The summed E-state index contributed by atoms with van der Waals surface area (Å²) in [6, 6.07) is 0. The normalized spacial score (nSPS) is 21.7. The number of imidazole rings is 1. The summed E-state index contributed by atoms with van der Waals surface area (Å²) in [4.78, 5) is 4.19. The topological polar surface area (TPSA) is 53.1 Å². The first-order chi connectivity index (χ1) is 8.07. The summed E-state index contributed by atoms with van der Waals surface area (Å²) in [6.45, 7) is 5.89. The lowest BCUT2D eigenvalue weighted by atomic mass is 10.0. The van der Waals surface area contributed by atoms with E-state index in [9.17, 15) is 0 Å². The van der Waals surface area contributed by atoms with Crippen molar-refractivity contribution in [1.82, 2.24) is 9.55 Å². The predicted octanol–water partition coefficient (Wildman–Crippen LogP) is 2.04. The number of aryl methyl sites for hydroxylation is 1. The van der Waals surface area contributed by atoms with Crippen LogP contribution in [0.2, 0.25) is 0 Å². The van der Waals surface area contributed by atoms with E-state index in [0.29, 0.717) is 6.10 Å². The standard InChI is InChI=1S/C13H23N3O/c1-13(2,14)12-9-15-10-16(12)7-6-11-5-3-4-8-17-11/h9-11H,3-8,14H2,1-2H3. The van der Waals surface area contributed by atoms with Crippen LogP contribution in [0.15, 0.2) is 12.5 Å². The Morgan fingerprint density at radius 1 is 1.53 bits per heavy atom. The van der Waals surface area contributed by atoms with Crippen LogP contribution in [0, 0.1) is 0 Å². The average molecular weight is 237 g/mol. The fourth-order valence-electron chi connectivity index (χ4n) is 2.35. The van der Waals surface area contributed by atoms with E-state index >= 15 is 0 Å². The summed E-state index contributed by atoms with van der Waals surface area (Å²) in [5.74, 6) is 0. The molecule has 0 spiro atoms. The Kier molecular flexibility index (Phi) is 3.84. The van der Waals surface area contributed by atoms with Gasteiger partial charge in [-0.1, -0.05) is 0 Å². The van der Waals surface area contributed by atoms with E-state index in [1.165, 1.54) is 19.3 Å². The molecule has 1 unspecified atom stereocenters. The second-order valence-corrected chi connectivity index (χ2v) is 5.47. The molecule has 0 amide bonds. The van der Waals surface area contributed by atoms with E-state index in [4.69, 9.17) is 10.5 Å². The van der Waals surface area contributed by atoms with Crippen molar-refractivity contribution < 1.29 is 4.74 Å². The van der Waals surface area contributed by atoms with Gasteiger partial charge >= 0.3 is 0 Å². The van der Waals surface area contributed by atoms with Crippen molar-refractivity contribution in [2.75, 3.05) is 6.61 Å². The van der Waals surface area contributed by atoms with E-state index in [-0.39, 0.29) is 5.54 Å². The highest BCUT2D eigenvalue weighted by Gasteiger charge is 2.20. The number of nitrogens with two attached hydrogens (primary N) is 1. The van der Waals surface area contributed by atoms with Crippen LogP contribution in [0.3, 0.4) is 0 Å². The molecule has 4 heteroatoms. The van der Waals surface area contributed by atoms with Gasteiger partial charge in [0.2, 0.25) is 0 Å². The van der Waals surface area contributed by atoms with Gasteiger partial charge in [-0.2, -0.15) is 0 Å². The molecule has 0 aromatic carbocycles. The number of ether oxygens (including phenoxy) is 1. The third-order valence-electron chi connectivity index (χ3n) is 3.34. The highest BCUT2D eigenvalue weighted by Crippen LogP contribution is 2.19. The third-order valence-corrected chi connectivity index (χ3v) is 3.34. The first-order valence-electron chi connectivity index (χ1n) is 6.48. The summed E-state index contributed by atoms with van der Waals surface area (Å²) in [5, 5.41) is 0. The van der Waals surface area contributed by atoms with Crippen LogP contribution >= 0.6 is 0 Å². The quantitative estimate of drug-likeness (QED) is 0.871. The zero-order valence-electron chi connectivity index (χ0n) is 10.9. The monoisotopic (exact) mass is 237 g/mol. The summed E-state index contributed by atoms with van der Waals surface area (Å²) < 4.78 is 7.89. The molecule has 2 heterocycles. The molecule has 0 radical (unpaired) electrons. The van der Waals surface area contributed by atoms with Crippen LogP contribution in [0.5, 0.6) is 0 Å². The molecular formula is C13H23N3O. The third kappa shape index (κ3) is 3.30. The minimum Gasteiger partial charge on any atom is -0.378 e. The van der Waals surface area contributed by atoms with Crippen LogP contribution in [0.4, 0.5) is 0 Å². The Balaban J connectivity index is 1.92. The minimum absolute atomic E-state index is 0.329. The molecule has 1 aliphatic heterocycles. The van der Waals surface area contributed by atoms with Crippen molar-refractivity contribution in [3.63, 3.8) is 0 Å². The Morgan fingerprint density at radius 2 is 2.35 bits per heavy atom. The lowest BCUT2D eigenvalue weighted by Crippen LogP contribution is -2.32. The smallest absolute Gasteiger partial charge is 0.0948 e. The zero-order valence-corrected chi connectivity index (χ0v) is 10.9. The number of rotatable bonds is 4. The van der Waals surface area contributed by atoms with Gasteiger partial charge in [-0.05, 0) is 39.5 Å². The SMILES string of the molecule is CC(C)(N)c1cncn1CCC1CCCCO1. The van der Waals surface area contributed by atoms with Crippen molar-refractivity contribution in [2.45, 2.75) is 57.7 Å². The van der Waals surface area contributed by atoms with E-state index in [1.54, 1.807) is 0 Å². The molecule has 2 rings (SSSR count). The lowest BCUT2D eigenvalue weighted by Gasteiger charge is -2.25. The van der Waals surface area contributed by atoms with Crippen molar-refractivity contribution >= 4 is 0 Å². The molecule has 4 nitrogen and oxygen atoms in total. The summed E-state index contributed by atoms with van der Waals surface area (Å²) in [6.07, 6.45) is 8.90. The van der Waals surface area contributed by atoms with E-state index in [1.807, 2.05) is 26.4 Å². The molecule has 1 aromatic heterocycles. The first kappa shape index (κ1) is 12.6. The Bertz CT molecular complexity index is 348. The van der Waals surface area contributed by atoms with E-state index in [2.05, 4.69) is 9.55 Å². The van der Waals surface area contributed by atoms with Gasteiger partial charge in [-0.15, -0.1) is 0 Å². The maximum Gasteiger partial charge on any atom is 0.0948 e. The van der Waals surface area contributed by atoms with Crippen LogP contribution in [0.25, 0.3) is 0 Å². The molecule has 1 aromatic rings. The maximum atomic E-state index is 6.12. The minimum atomic E-state index is -0.329. The highest BCUT2D eigenvalue weighted by atomic mass is 16.5. The van der Waals surface area contributed by atoms with Crippen LogP contribution < -0.4 is 5.73 Å². The van der Waals surface area contributed by atoms with Crippen LogP contribution in [-0.2, 0) is 16.8 Å². The number of nitrogens with zero attached hydrogens (tertiary/aromatic N) is 2. The second-order valence-electron chi connectivity index (χ2n) is 5.47. The van der Waals surface area contributed by atoms with Gasteiger partial charge in [0.25, 0.3) is 0 Å². The molecule has 96 valence electrons. The summed E-state index contributed by atoms with van der Waals surface area (Å²) >= 11 is 0. The molecule has 0 aliphatic carbocycles. The van der Waals surface area contributed by atoms with E-state index < -0.39 is 0 Å². The van der Waals surface area contributed by atoms with Gasteiger partial charge in [0.15, 0.2) is 0 Å². The molecule has 17 heavy (non-hydrogen) atoms. The number of aromatic nitrogens is 2. The molecule has 0 saturated carbocycles. The van der Waals surface area contributed by atoms with Crippen molar-refractivity contribution in [3.8, 4) is 0 Å². The zero-order chi connectivity index (χ0) is 12.3.